The summed E-state index contributed by atoms with van der Waals surface area (Å²) in [5.74, 6) is -0.117. The Morgan fingerprint density at radius 2 is 1.90 bits per heavy atom. The van der Waals surface area contributed by atoms with Crippen LogP contribution in [0.2, 0.25) is 0 Å². The number of carbonyl (C=O) groups is 2. The van der Waals surface area contributed by atoms with Crippen molar-refractivity contribution in [1.82, 2.24) is 0 Å². The fourth-order valence-electron chi connectivity index (χ4n) is 1.80. The van der Waals surface area contributed by atoms with Gasteiger partial charge in [0.05, 0.1) is 6.61 Å². The normalized spacial score (nSPS) is 10.1. The van der Waals surface area contributed by atoms with Crippen LogP contribution in [-0.4, -0.2) is 17.2 Å². The number of benzene rings is 2. The zero-order valence-corrected chi connectivity index (χ0v) is 10.8. The van der Waals surface area contributed by atoms with Gasteiger partial charge in [0.2, 0.25) is 5.78 Å². The molecular formula is C16H14O4. The molecule has 0 unspecified atom stereocenters. The second-order valence-electron chi connectivity index (χ2n) is 4.24. The van der Waals surface area contributed by atoms with Crippen LogP contribution in [0.4, 0.5) is 0 Å². The smallest absolute Gasteiger partial charge is 0.225 e. The lowest BCUT2D eigenvalue weighted by molar-refractivity contribution is -0.104. The molecule has 0 fully saturated rings. The van der Waals surface area contributed by atoms with Gasteiger partial charge in [-0.05, 0) is 23.8 Å². The standard InChI is InChI=1S/C16H14O4/c17-9-14-8-13(15(19)10-18)6-7-16(14)20-11-12-4-2-1-3-5-12/h1-8,10,17H,9,11H2. The predicted molar refractivity (Wildman–Crippen MR) is 73.5 cm³/mol. The minimum Gasteiger partial charge on any atom is -0.489 e. The van der Waals surface area contributed by atoms with Crippen LogP contribution in [0.15, 0.2) is 48.5 Å². The van der Waals surface area contributed by atoms with Crippen molar-refractivity contribution in [3.8, 4) is 5.75 Å². The Labute approximate surface area is 116 Å². The molecule has 0 aromatic heterocycles. The Kier molecular flexibility index (Phi) is 4.63. The molecular weight excluding hydrogens is 256 g/mol. The summed E-state index contributed by atoms with van der Waals surface area (Å²) in [6.45, 7) is 0.110. The minimum absolute atomic E-state index is 0.246. The molecule has 0 heterocycles. The fraction of sp³-hybridized carbons (Fsp3) is 0.125. The average Bonchev–Trinajstić information content (AvgIpc) is 2.53. The zero-order chi connectivity index (χ0) is 14.4. The van der Waals surface area contributed by atoms with Crippen LogP contribution >= 0.6 is 0 Å². The number of hydrogen-bond donors (Lipinski definition) is 1. The number of aldehydes is 1. The predicted octanol–water partition coefficient (Wildman–Crippen LogP) is 2.14. The van der Waals surface area contributed by atoms with Crippen molar-refractivity contribution in [2.75, 3.05) is 0 Å². The van der Waals surface area contributed by atoms with E-state index in [2.05, 4.69) is 0 Å². The van der Waals surface area contributed by atoms with Crippen molar-refractivity contribution in [2.45, 2.75) is 13.2 Å². The van der Waals surface area contributed by atoms with Gasteiger partial charge in [-0.15, -0.1) is 0 Å². The van der Waals surface area contributed by atoms with Gasteiger partial charge in [0.15, 0.2) is 6.29 Å². The Bertz CT molecular complexity index is 605. The van der Waals surface area contributed by atoms with Crippen LogP contribution in [0, 0.1) is 0 Å². The van der Waals surface area contributed by atoms with E-state index >= 15 is 0 Å². The van der Waals surface area contributed by atoms with Crippen LogP contribution in [0.1, 0.15) is 21.5 Å². The number of aliphatic hydroxyl groups excluding tert-OH is 1. The molecule has 4 nitrogen and oxygen atoms in total. The molecule has 2 aromatic carbocycles. The fourth-order valence-corrected chi connectivity index (χ4v) is 1.80. The van der Waals surface area contributed by atoms with Crippen LogP contribution in [-0.2, 0) is 18.0 Å². The number of Topliss-reactive ketones (excluding diaryl/α,β-unsaturated/α-hetero) is 1. The monoisotopic (exact) mass is 270 g/mol. The van der Waals surface area contributed by atoms with Gasteiger partial charge in [-0.25, -0.2) is 0 Å². The van der Waals surface area contributed by atoms with Crippen LogP contribution in [0.5, 0.6) is 5.75 Å². The first-order chi connectivity index (χ1) is 9.74. The molecule has 1 N–H and O–H groups in total. The van der Waals surface area contributed by atoms with E-state index in [0.717, 1.165) is 5.56 Å². The van der Waals surface area contributed by atoms with Gasteiger partial charge in [-0.3, -0.25) is 9.59 Å². The molecule has 0 amide bonds. The van der Waals surface area contributed by atoms with E-state index in [-0.39, 0.29) is 18.5 Å². The number of ketones is 1. The third-order valence-electron chi connectivity index (χ3n) is 2.86. The highest BCUT2D eigenvalue weighted by Crippen LogP contribution is 2.21. The second kappa shape index (κ2) is 6.63. The van der Waals surface area contributed by atoms with Gasteiger partial charge in [-0.1, -0.05) is 30.3 Å². The minimum atomic E-state index is -0.616. The third-order valence-corrected chi connectivity index (χ3v) is 2.86. The summed E-state index contributed by atoms with van der Waals surface area (Å²) >= 11 is 0. The van der Waals surface area contributed by atoms with Gasteiger partial charge >= 0.3 is 0 Å². The van der Waals surface area contributed by atoms with Crippen molar-refractivity contribution in [3.05, 3.63) is 65.2 Å². The summed E-state index contributed by atoms with van der Waals surface area (Å²) in [5.41, 5.74) is 1.73. The van der Waals surface area contributed by atoms with E-state index in [1.54, 1.807) is 6.07 Å². The average molecular weight is 270 g/mol. The summed E-state index contributed by atoms with van der Waals surface area (Å²) in [7, 11) is 0. The molecule has 102 valence electrons. The molecule has 0 radical (unpaired) electrons. The molecule has 0 saturated heterocycles. The Balaban J connectivity index is 2.15. The van der Waals surface area contributed by atoms with Gasteiger partial charge < -0.3 is 9.84 Å². The quantitative estimate of drug-likeness (QED) is 0.496. The number of ether oxygens (including phenoxy) is 1. The Morgan fingerprint density at radius 3 is 2.55 bits per heavy atom. The lowest BCUT2D eigenvalue weighted by Gasteiger charge is -2.11. The van der Waals surface area contributed by atoms with Crippen LogP contribution < -0.4 is 4.74 Å². The number of rotatable bonds is 6. The first-order valence-corrected chi connectivity index (χ1v) is 6.14. The summed E-state index contributed by atoms with van der Waals surface area (Å²) < 4.78 is 5.62. The van der Waals surface area contributed by atoms with Gasteiger partial charge in [0.1, 0.15) is 12.4 Å². The van der Waals surface area contributed by atoms with Crippen LogP contribution in [0.25, 0.3) is 0 Å². The van der Waals surface area contributed by atoms with E-state index in [4.69, 9.17) is 4.74 Å². The van der Waals surface area contributed by atoms with E-state index < -0.39 is 5.78 Å². The van der Waals surface area contributed by atoms with E-state index in [1.807, 2.05) is 30.3 Å². The molecule has 2 rings (SSSR count). The molecule has 0 aliphatic rings. The van der Waals surface area contributed by atoms with E-state index in [9.17, 15) is 14.7 Å². The van der Waals surface area contributed by atoms with Crippen molar-refractivity contribution in [1.29, 1.82) is 0 Å². The van der Waals surface area contributed by atoms with E-state index in [1.165, 1.54) is 12.1 Å². The summed E-state index contributed by atoms with van der Waals surface area (Å²) in [4.78, 5) is 21.7. The molecule has 0 atom stereocenters. The highest BCUT2D eigenvalue weighted by molar-refractivity contribution is 6.33. The maximum absolute atomic E-state index is 11.3. The Morgan fingerprint density at radius 1 is 1.15 bits per heavy atom. The highest BCUT2D eigenvalue weighted by Gasteiger charge is 2.09. The first kappa shape index (κ1) is 14.0. The van der Waals surface area contributed by atoms with Crippen LogP contribution in [0.3, 0.4) is 0 Å². The molecule has 0 saturated carbocycles. The third kappa shape index (κ3) is 3.30. The molecule has 0 bridgehead atoms. The number of carbonyl (C=O) groups excluding carboxylic acids is 2. The van der Waals surface area contributed by atoms with Gasteiger partial charge in [-0.2, -0.15) is 0 Å². The van der Waals surface area contributed by atoms with Crippen molar-refractivity contribution in [3.63, 3.8) is 0 Å². The highest BCUT2D eigenvalue weighted by atomic mass is 16.5. The topological polar surface area (TPSA) is 63.6 Å². The molecule has 20 heavy (non-hydrogen) atoms. The maximum Gasteiger partial charge on any atom is 0.225 e. The molecule has 2 aromatic rings. The lowest BCUT2D eigenvalue weighted by Crippen LogP contribution is -2.03. The number of aliphatic hydroxyl groups is 1. The van der Waals surface area contributed by atoms with Crippen molar-refractivity contribution in [2.24, 2.45) is 0 Å². The Hall–Kier alpha value is -2.46. The second-order valence-corrected chi connectivity index (χ2v) is 4.24. The molecule has 0 aliphatic carbocycles. The summed E-state index contributed by atoms with van der Waals surface area (Å²) in [5, 5.41) is 9.31. The van der Waals surface area contributed by atoms with E-state index in [0.29, 0.717) is 17.9 Å². The summed E-state index contributed by atoms with van der Waals surface area (Å²) in [6.07, 6.45) is 0.251. The lowest BCUT2D eigenvalue weighted by atomic mass is 10.1. The molecule has 0 spiro atoms. The van der Waals surface area contributed by atoms with Gasteiger partial charge in [0, 0.05) is 11.1 Å². The largest absolute Gasteiger partial charge is 0.489 e. The van der Waals surface area contributed by atoms with Crippen molar-refractivity contribution >= 4 is 12.1 Å². The molecule has 0 aliphatic heterocycles. The number of hydrogen-bond acceptors (Lipinski definition) is 4. The molecule has 4 heteroatoms. The zero-order valence-electron chi connectivity index (χ0n) is 10.8. The first-order valence-electron chi connectivity index (χ1n) is 6.14. The van der Waals surface area contributed by atoms with Gasteiger partial charge in [0.25, 0.3) is 0 Å². The van der Waals surface area contributed by atoms with Crippen molar-refractivity contribution < 1.29 is 19.4 Å². The summed E-state index contributed by atoms with van der Waals surface area (Å²) in [6, 6.07) is 14.2. The SMILES string of the molecule is O=CC(=O)c1ccc(OCc2ccccc2)c(CO)c1. The maximum atomic E-state index is 11.3.